The second-order valence-corrected chi connectivity index (χ2v) is 6.46. The summed E-state index contributed by atoms with van der Waals surface area (Å²) in [6.45, 7) is 0. The van der Waals surface area contributed by atoms with Gasteiger partial charge in [-0.25, -0.2) is 0 Å². The van der Waals surface area contributed by atoms with E-state index in [0.29, 0.717) is 11.7 Å². The van der Waals surface area contributed by atoms with Gasteiger partial charge in [0.1, 0.15) is 0 Å². The van der Waals surface area contributed by atoms with Gasteiger partial charge in [0.25, 0.3) is 0 Å². The van der Waals surface area contributed by atoms with Crippen LogP contribution in [0.1, 0.15) is 36.0 Å². The van der Waals surface area contributed by atoms with Crippen LogP contribution in [0.3, 0.4) is 0 Å². The van der Waals surface area contributed by atoms with Crippen molar-refractivity contribution in [3.05, 3.63) is 35.9 Å². The highest BCUT2D eigenvalue weighted by molar-refractivity contribution is 8.00. The number of hydrogen-bond acceptors (Lipinski definition) is 2. The highest BCUT2D eigenvalue weighted by atomic mass is 32.2. The molecule has 0 N–H and O–H groups in total. The van der Waals surface area contributed by atoms with Gasteiger partial charge in [-0.1, -0.05) is 30.3 Å². The number of benzene rings is 1. The maximum absolute atomic E-state index is 12.3. The van der Waals surface area contributed by atoms with Gasteiger partial charge in [-0.2, -0.15) is 11.8 Å². The number of fused-ring (bicyclic) bond motifs is 2. The summed E-state index contributed by atoms with van der Waals surface area (Å²) in [6.07, 6.45) is 4.87. The summed E-state index contributed by atoms with van der Waals surface area (Å²) in [7, 11) is 0. The number of rotatable bonds is 2. The van der Waals surface area contributed by atoms with Crippen LogP contribution in [0, 0.1) is 5.92 Å². The summed E-state index contributed by atoms with van der Waals surface area (Å²) in [4.78, 5) is 12.3. The second kappa shape index (κ2) is 4.25. The Hall–Kier alpha value is -0.760. The van der Waals surface area contributed by atoms with Gasteiger partial charge in [0, 0.05) is 22.0 Å². The van der Waals surface area contributed by atoms with E-state index in [2.05, 4.69) is 11.8 Å². The van der Waals surface area contributed by atoms with Crippen LogP contribution in [0.4, 0.5) is 0 Å². The molecule has 2 aliphatic heterocycles. The van der Waals surface area contributed by atoms with Crippen LogP contribution in [-0.2, 0) is 0 Å². The van der Waals surface area contributed by atoms with Crippen LogP contribution < -0.4 is 0 Å². The topological polar surface area (TPSA) is 17.1 Å². The molecule has 2 fully saturated rings. The van der Waals surface area contributed by atoms with Crippen LogP contribution in [0.5, 0.6) is 0 Å². The third kappa shape index (κ3) is 1.91. The van der Waals surface area contributed by atoms with E-state index in [4.69, 9.17) is 0 Å². The lowest BCUT2D eigenvalue weighted by atomic mass is 9.90. The molecule has 3 rings (SSSR count). The third-order valence-electron chi connectivity index (χ3n) is 3.72. The van der Waals surface area contributed by atoms with Crippen LogP contribution in [0.25, 0.3) is 0 Å². The van der Waals surface area contributed by atoms with Gasteiger partial charge in [-0.3, -0.25) is 4.79 Å². The molecule has 2 aliphatic rings. The predicted molar refractivity (Wildman–Crippen MR) is 67.9 cm³/mol. The quantitative estimate of drug-likeness (QED) is 0.725. The highest BCUT2D eigenvalue weighted by Crippen LogP contribution is 2.46. The molecule has 84 valence electrons. The predicted octanol–water partition coefficient (Wildman–Crippen LogP) is 3.54. The minimum absolute atomic E-state index is 0.293. The molecule has 1 aromatic rings. The molecule has 0 amide bonds. The van der Waals surface area contributed by atoms with E-state index in [1.807, 2.05) is 30.3 Å². The van der Waals surface area contributed by atoms with Gasteiger partial charge in [0.15, 0.2) is 5.78 Å². The molecule has 0 aromatic heterocycles. The zero-order chi connectivity index (χ0) is 11.0. The summed E-state index contributed by atoms with van der Waals surface area (Å²) >= 11 is 2.12. The van der Waals surface area contributed by atoms with Gasteiger partial charge in [0.2, 0.25) is 0 Å². The molecule has 2 unspecified atom stereocenters. The van der Waals surface area contributed by atoms with Gasteiger partial charge in [0.05, 0.1) is 0 Å². The minimum Gasteiger partial charge on any atom is -0.294 e. The molecule has 0 radical (unpaired) electrons. The first-order valence-electron chi connectivity index (χ1n) is 6.07. The Morgan fingerprint density at radius 3 is 2.31 bits per heavy atom. The first kappa shape index (κ1) is 10.4. The summed E-state index contributed by atoms with van der Waals surface area (Å²) in [6, 6.07) is 9.79. The molecule has 16 heavy (non-hydrogen) atoms. The molecule has 2 heterocycles. The Balaban J connectivity index is 1.76. The van der Waals surface area contributed by atoms with E-state index in [1.54, 1.807) is 0 Å². The molecule has 2 atom stereocenters. The molecular weight excluding hydrogens is 216 g/mol. The van der Waals surface area contributed by atoms with E-state index < -0.39 is 0 Å². The Bertz CT molecular complexity index is 375. The summed E-state index contributed by atoms with van der Waals surface area (Å²) in [5.41, 5.74) is 0.902. The lowest BCUT2D eigenvalue weighted by Gasteiger charge is -2.26. The zero-order valence-electron chi connectivity index (χ0n) is 9.26. The molecular formula is C14H16OS. The number of carbonyl (C=O) groups excluding carboxylic acids is 1. The minimum atomic E-state index is 0.293. The van der Waals surface area contributed by atoms with Gasteiger partial charge in [-0.15, -0.1) is 0 Å². The fraction of sp³-hybridized carbons (Fsp3) is 0.500. The average Bonchev–Trinajstić information content (AvgIpc) is 2.68. The van der Waals surface area contributed by atoms with Crippen LogP contribution in [-0.4, -0.2) is 16.3 Å². The fourth-order valence-electron chi connectivity index (χ4n) is 2.91. The van der Waals surface area contributed by atoms with Crippen molar-refractivity contribution in [2.75, 3.05) is 0 Å². The van der Waals surface area contributed by atoms with Crippen molar-refractivity contribution >= 4 is 17.5 Å². The molecule has 1 nitrogen and oxygen atoms in total. The van der Waals surface area contributed by atoms with Crippen molar-refractivity contribution in [1.82, 2.24) is 0 Å². The normalized spacial score (nSPS) is 32.6. The Morgan fingerprint density at radius 2 is 1.69 bits per heavy atom. The van der Waals surface area contributed by atoms with Crippen molar-refractivity contribution in [3.8, 4) is 0 Å². The van der Waals surface area contributed by atoms with Crippen molar-refractivity contribution in [1.29, 1.82) is 0 Å². The molecule has 2 saturated heterocycles. The smallest absolute Gasteiger partial charge is 0.166 e. The number of carbonyl (C=O) groups is 1. The lowest BCUT2D eigenvalue weighted by molar-refractivity contribution is 0.0907. The summed E-state index contributed by atoms with van der Waals surface area (Å²) in [5.74, 6) is 0.666. The van der Waals surface area contributed by atoms with Gasteiger partial charge >= 0.3 is 0 Å². The van der Waals surface area contributed by atoms with Crippen LogP contribution >= 0.6 is 11.8 Å². The van der Waals surface area contributed by atoms with Crippen LogP contribution in [0.2, 0.25) is 0 Å². The highest BCUT2D eigenvalue weighted by Gasteiger charge is 2.37. The third-order valence-corrected chi connectivity index (χ3v) is 5.35. The summed E-state index contributed by atoms with van der Waals surface area (Å²) < 4.78 is 0. The number of thioether (sulfide) groups is 1. The first-order chi connectivity index (χ1) is 7.83. The van der Waals surface area contributed by atoms with E-state index in [9.17, 15) is 4.79 Å². The lowest BCUT2D eigenvalue weighted by Crippen LogP contribution is -2.24. The molecule has 0 spiro atoms. The largest absolute Gasteiger partial charge is 0.294 e. The SMILES string of the molecule is O=C(c1ccccc1)C1CC2CCC(C1)S2. The fourth-order valence-corrected chi connectivity index (χ4v) is 4.69. The Labute approximate surface area is 101 Å². The van der Waals surface area contributed by atoms with Gasteiger partial charge < -0.3 is 0 Å². The van der Waals surface area contributed by atoms with E-state index in [-0.39, 0.29) is 0 Å². The first-order valence-corrected chi connectivity index (χ1v) is 7.02. The molecule has 2 heteroatoms. The van der Waals surface area contributed by atoms with Crippen molar-refractivity contribution < 1.29 is 4.79 Å². The maximum atomic E-state index is 12.3. The molecule has 0 saturated carbocycles. The zero-order valence-corrected chi connectivity index (χ0v) is 10.1. The second-order valence-electron chi connectivity index (χ2n) is 4.86. The van der Waals surface area contributed by atoms with E-state index in [1.165, 1.54) is 12.8 Å². The molecule has 1 aromatic carbocycles. The Morgan fingerprint density at radius 1 is 1.06 bits per heavy atom. The number of Topliss-reactive ketones (excluding diaryl/α,β-unsaturated/α-hetero) is 1. The van der Waals surface area contributed by atoms with Crippen molar-refractivity contribution in [2.45, 2.75) is 36.2 Å². The number of hydrogen-bond donors (Lipinski definition) is 0. The monoisotopic (exact) mass is 232 g/mol. The molecule has 0 aliphatic carbocycles. The average molecular weight is 232 g/mol. The number of ketones is 1. The van der Waals surface area contributed by atoms with Crippen molar-refractivity contribution in [3.63, 3.8) is 0 Å². The maximum Gasteiger partial charge on any atom is 0.166 e. The summed E-state index contributed by atoms with van der Waals surface area (Å²) in [5, 5.41) is 1.52. The standard InChI is InChI=1S/C14H16OS/c15-14(10-4-2-1-3-5-10)11-8-12-6-7-13(9-11)16-12/h1-5,11-13H,6-9H2. The Kier molecular flexibility index (Phi) is 2.76. The van der Waals surface area contributed by atoms with E-state index >= 15 is 0 Å². The van der Waals surface area contributed by atoms with E-state index in [0.717, 1.165) is 28.9 Å². The van der Waals surface area contributed by atoms with Gasteiger partial charge in [-0.05, 0) is 25.7 Å². The molecule has 2 bridgehead atoms. The van der Waals surface area contributed by atoms with Crippen LogP contribution in [0.15, 0.2) is 30.3 Å². The van der Waals surface area contributed by atoms with Crippen molar-refractivity contribution in [2.24, 2.45) is 5.92 Å².